The third kappa shape index (κ3) is 2.76. The SMILES string of the molecule is N#CC1CC=[N+](c2c(-c3ccc(-n4ccnn4)cc3)cnc3[nH]ccc23)CC1. The van der Waals surface area contributed by atoms with E-state index in [1.54, 1.807) is 10.9 Å². The van der Waals surface area contributed by atoms with Gasteiger partial charge < -0.3 is 4.98 Å². The lowest BCUT2D eigenvalue weighted by atomic mass is 9.98. The van der Waals surface area contributed by atoms with E-state index in [0.717, 1.165) is 52.9 Å². The molecule has 5 rings (SSSR count). The maximum atomic E-state index is 9.21. The van der Waals surface area contributed by atoms with Crippen LogP contribution < -0.4 is 0 Å². The van der Waals surface area contributed by atoms with Crippen LogP contribution in [0.5, 0.6) is 0 Å². The van der Waals surface area contributed by atoms with Gasteiger partial charge in [0.2, 0.25) is 5.69 Å². The zero-order valence-corrected chi connectivity index (χ0v) is 15.2. The van der Waals surface area contributed by atoms with Crippen LogP contribution in [0.25, 0.3) is 27.8 Å². The zero-order chi connectivity index (χ0) is 18.9. The van der Waals surface area contributed by atoms with E-state index in [4.69, 9.17) is 0 Å². The molecule has 0 saturated carbocycles. The van der Waals surface area contributed by atoms with E-state index in [1.807, 2.05) is 30.7 Å². The molecule has 1 aromatic carbocycles. The van der Waals surface area contributed by atoms with Crippen LogP contribution in [-0.4, -0.2) is 42.3 Å². The van der Waals surface area contributed by atoms with Crippen LogP contribution in [0.4, 0.5) is 5.69 Å². The Kier molecular flexibility index (Phi) is 3.95. The molecule has 0 amide bonds. The molecule has 136 valence electrons. The predicted molar refractivity (Wildman–Crippen MR) is 106 cm³/mol. The van der Waals surface area contributed by atoms with Crippen molar-refractivity contribution >= 4 is 22.9 Å². The van der Waals surface area contributed by atoms with Crippen LogP contribution in [-0.2, 0) is 0 Å². The Morgan fingerprint density at radius 1 is 1.21 bits per heavy atom. The summed E-state index contributed by atoms with van der Waals surface area (Å²) in [5.41, 5.74) is 5.12. The summed E-state index contributed by atoms with van der Waals surface area (Å²) in [4.78, 5) is 7.80. The maximum absolute atomic E-state index is 9.21. The first-order valence-corrected chi connectivity index (χ1v) is 9.26. The third-order valence-corrected chi connectivity index (χ3v) is 5.22. The first-order chi connectivity index (χ1) is 13.8. The first kappa shape index (κ1) is 16.4. The largest absolute Gasteiger partial charge is 0.346 e. The average molecular weight is 368 g/mol. The molecule has 4 heterocycles. The first-order valence-electron chi connectivity index (χ1n) is 9.26. The quantitative estimate of drug-likeness (QED) is 0.561. The van der Waals surface area contributed by atoms with Crippen molar-refractivity contribution in [1.29, 1.82) is 5.26 Å². The van der Waals surface area contributed by atoms with Gasteiger partial charge in [-0.05, 0) is 23.8 Å². The molecule has 3 aromatic heterocycles. The Morgan fingerprint density at radius 3 is 2.82 bits per heavy atom. The molecule has 1 N–H and O–H groups in total. The van der Waals surface area contributed by atoms with E-state index in [-0.39, 0.29) is 5.92 Å². The van der Waals surface area contributed by atoms with E-state index in [1.165, 1.54) is 0 Å². The number of hydrogen-bond acceptors (Lipinski definition) is 4. The lowest BCUT2D eigenvalue weighted by Gasteiger charge is -2.15. The average Bonchev–Trinajstić information content (AvgIpc) is 3.45. The minimum absolute atomic E-state index is 0.102. The summed E-state index contributed by atoms with van der Waals surface area (Å²) in [5, 5.41) is 18.2. The Bertz CT molecular complexity index is 1190. The number of nitriles is 1. The third-order valence-electron chi connectivity index (χ3n) is 5.22. The van der Waals surface area contributed by atoms with Gasteiger partial charge in [-0.1, -0.05) is 17.3 Å². The van der Waals surface area contributed by atoms with Gasteiger partial charge in [-0.2, -0.15) is 5.26 Å². The summed E-state index contributed by atoms with van der Waals surface area (Å²) in [6.07, 6.45) is 11.1. The van der Waals surface area contributed by atoms with Crippen molar-refractivity contribution in [2.75, 3.05) is 6.54 Å². The Morgan fingerprint density at radius 2 is 2.11 bits per heavy atom. The molecule has 4 aromatic rings. The number of nitrogens with zero attached hydrogens (tertiary/aromatic N) is 6. The van der Waals surface area contributed by atoms with Gasteiger partial charge in [0.15, 0.2) is 0 Å². The highest BCUT2D eigenvalue weighted by Crippen LogP contribution is 2.36. The molecule has 0 bridgehead atoms. The second kappa shape index (κ2) is 6.74. The highest BCUT2D eigenvalue weighted by atomic mass is 15.4. The van der Waals surface area contributed by atoms with Crippen molar-refractivity contribution in [1.82, 2.24) is 25.0 Å². The van der Waals surface area contributed by atoms with Gasteiger partial charge >= 0.3 is 0 Å². The van der Waals surface area contributed by atoms with Gasteiger partial charge in [-0.25, -0.2) is 14.2 Å². The van der Waals surface area contributed by atoms with Gasteiger partial charge in [-0.15, -0.1) is 5.10 Å². The van der Waals surface area contributed by atoms with E-state index < -0.39 is 0 Å². The summed E-state index contributed by atoms with van der Waals surface area (Å²) in [6.45, 7) is 0.826. The fourth-order valence-electron chi connectivity index (χ4n) is 3.73. The molecular weight excluding hydrogens is 350 g/mol. The van der Waals surface area contributed by atoms with Crippen LogP contribution in [0.1, 0.15) is 12.8 Å². The topological polar surface area (TPSA) is 86.2 Å². The second-order valence-corrected chi connectivity index (χ2v) is 6.88. The van der Waals surface area contributed by atoms with E-state index in [9.17, 15) is 5.26 Å². The molecule has 28 heavy (non-hydrogen) atoms. The van der Waals surface area contributed by atoms with Crippen LogP contribution in [0.2, 0.25) is 0 Å². The van der Waals surface area contributed by atoms with E-state index in [2.05, 4.69) is 55.3 Å². The van der Waals surface area contributed by atoms with E-state index in [0.29, 0.717) is 0 Å². The highest BCUT2D eigenvalue weighted by molar-refractivity contribution is 5.94. The van der Waals surface area contributed by atoms with Crippen LogP contribution in [0.3, 0.4) is 0 Å². The number of benzene rings is 1. The maximum Gasteiger partial charge on any atom is 0.225 e. The predicted octanol–water partition coefficient (Wildman–Crippen LogP) is 3.46. The molecule has 1 aliphatic heterocycles. The minimum atomic E-state index is 0.102. The summed E-state index contributed by atoms with van der Waals surface area (Å²) in [7, 11) is 0. The molecule has 0 spiro atoms. The summed E-state index contributed by atoms with van der Waals surface area (Å²) in [6, 6.07) is 12.7. The van der Waals surface area contributed by atoms with Crippen molar-refractivity contribution in [3.63, 3.8) is 0 Å². The van der Waals surface area contributed by atoms with Crippen LogP contribution in [0.15, 0.2) is 55.1 Å². The smallest absolute Gasteiger partial charge is 0.225 e. The molecule has 1 unspecified atom stereocenters. The Balaban J connectivity index is 1.62. The number of fused-ring (bicyclic) bond motifs is 1. The van der Waals surface area contributed by atoms with Crippen molar-refractivity contribution in [3.05, 3.63) is 55.1 Å². The number of rotatable bonds is 3. The summed E-state index contributed by atoms with van der Waals surface area (Å²) in [5.74, 6) is 0.102. The van der Waals surface area contributed by atoms with Gasteiger partial charge in [0.25, 0.3) is 0 Å². The fraction of sp³-hybridized carbons (Fsp3) is 0.190. The second-order valence-electron chi connectivity index (χ2n) is 6.88. The van der Waals surface area contributed by atoms with Crippen molar-refractivity contribution in [2.24, 2.45) is 5.92 Å². The number of H-pyrrole nitrogens is 1. The summed E-state index contributed by atoms with van der Waals surface area (Å²) < 4.78 is 4.01. The minimum Gasteiger partial charge on any atom is -0.346 e. The number of aromatic amines is 1. The Hall–Kier alpha value is -3.79. The molecule has 0 aliphatic carbocycles. The molecule has 1 atom stereocenters. The van der Waals surface area contributed by atoms with Gasteiger partial charge in [-0.3, -0.25) is 0 Å². The number of aromatic nitrogens is 5. The molecule has 0 saturated heterocycles. The number of pyridine rings is 1. The molecule has 0 fully saturated rings. The highest BCUT2D eigenvalue weighted by Gasteiger charge is 2.26. The van der Waals surface area contributed by atoms with Gasteiger partial charge in [0.05, 0.1) is 41.0 Å². The van der Waals surface area contributed by atoms with Gasteiger partial charge in [0.1, 0.15) is 18.4 Å². The normalized spacial score (nSPS) is 16.7. The number of hydrogen-bond donors (Lipinski definition) is 1. The molecule has 0 radical (unpaired) electrons. The van der Waals surface area contributed by atoms with Crippen molar-refractivity contribution in [2.45, 2.75) is 12.8 Å². The van der Waals surface area contributed by atoms with Crippen molar-refractivity contribution < 1.29 is 4.58 Å². The molecule has 7 heteroatoms. The Labute approximate surface area is 161 Å². The van der Waals surface area contributed by atoms with Crippen LogP contribution in [0, 0.1) is 17.2 Å². The van der Waals surface area contributed by atoms with E-state index >= 15 is 0 Å². The lowest BCUT2D eigenvalue weighted by molar-refractivity contribution is -0.441. The van der Waals surface area contributed by atoms with Crippen LogP contribution >= 0.6 is 0 Å². The monoisotopic (exact) mass is 368 g/mol. The standard InChI is InChI=1S/C21H18N7/c22-13-15-6-10-27(11-7-15)20-18-5-8-23-21(18)24-14-19(20)16-1-3-17(4-2-16)28-12-9-25-26-28/h1-5,8-10,12,14-15H,6-7,11H2,(H,23,24)/q+1. The van der Waals surface area contributed by atoms with Crippen molar-refractivity contribution in [3.8, 4) is 22.9 Å². The number of nitrogens with one attached hydrogen (secondary N) is 1. The van der Waals surface area contributed by atoms with Gasteiger partial charge in [0, 0.05) is 25.2 Å². The molecular formula is C21H18N7+. The molecule has 7 nitrogen and oxygen atoms in total. The fourth-order valence-corrected chi connectivity index (χ4v) is 3.73. The summed E-state index contributed by atoms with van der Waals surface area (Å²) >= 11 is 0. The zero-order valence-electron chi connectivity index (χ0n) is 15.2. The molecule has 1 aliphatic rings. The lowest BCUT2D eigenvalue weighted by Crippen LogP contribution is -2.20.